The number of ether oxygens (including phenoxy) is 2. The zero-order valence-corrected chi connectivity index (χ0v) is 17.2. The van der Waals surface area contributed by atoms with E-state index in [1.54, 1.807) is 14.2 Å². The van der Waals surface area contributed by atoms with Crippen LogP contribution >= 0.6 is 11.3 Å². The fourth-order valence-corrected chi connectivity index (χ4v) is 4.30. The summed E-state index contributed by atoms with van der Waals surface area (Å²) in [5, 5.41) is 3.26. The summed E-state index contributed by atoms with van der Waals surface area (Å²) in [4.78, 5) is 14.5. The summed E-state index contributed by atoms with van der Waals surface area (Å²) < 4.78 is 10.6. The molecule has 28 heavy (non-hydrogen) atoms. The zero-order valence-electron chi connectivity index (χ0n) is 16.4. The van der Waals surface area contributed by atoms with Gasteiger partial charge in [-0.2, -0.15) is 0 Å². The molecule has 0 fully saturated rings. The molecule has 0 atom stereocenters. The normalized spacial score (nSPS) is 13.8. The summed E-state index contributed by atoms with van der Waals surface area (Å²) in [7, 11) is 3.27. The first-order valence-electron chi connectivity index (χ1n) is 9.25. The second-order valence-corrected chi connectivity index (χ2v) is 8.24. The summed E-state index contributed by atoms with van der Waals surface area (Å²) in [5.74, 6) is 2.04. The first-order chi connectivity index (χ1) is 13.6. The van der Waals surface area contributed by atoms with Crippen molar-refractivity contribution in [2.75, 3.05) is 26.1 Å². The second-order valence-electron chi connectivity index (χ2n) is 6.86. The average Bonchev–Trinajstić information content (AvgIpc) is 3.12. The van der Waals surface area contributed by atoms with E-state index in [0.29, 0.717) is 5.95 Å². The van der Waals surface area contributed by atoms with Crippen molar-refractivity contribution in [1.29, 1.82) is 0 Å². The summed E-state index contributed by atoms with van der Waals surface area (Å²) in [5.41, 5.74) is 3.15. The van der Waals surface area contributed by atoms with E-state index in [2.05, 4.69) is 34.3 Å². The van der Waals surface area contributed by atoms with Gasteiger partial charge in [-0.15, -0.1) is 11.3 Å². The van der Waals surface area contributed by atoms with E-state index in [1.807, 2.05) is 35.7 Å². The summed E-state index contributed by atoms with van der Waals surface area (Å²) in [6.45, 7) is 5.04. The molecular formula is C21H24N4O2S. The lowest BCUT2D eigenvalue weighted by Gasteiger charge is -2.27. The first-order valence-corrected chi connectivity index (χ1v) is 10.1. The van der Waals surface area contributed by atoms with Crippen molar-refractivity contribution in [3.63, 3.8) is 0 Å². The molecule has 6 nitrogen and oxygen atoms in total. The Balaban J connectivity index is 1.46. The van der Waals surface area contributed by atoms with Crippen LogP contribution in [0.3, 0.4) is 0 Å². The molecule has 1 aliphatic heterocycles. The third-order valence-corrected chi connectivity index (χ3v) is 5.78. The Labute approximate surface area is 169 Å². The van der Waals surface area contributed by atoms with Crippen molar-refractivity contribution in [3.05, 3.63) is 57.5 Å². The highest BCUT2D eigenvalue weighted by Gasteiger charge is 2.19. The molecule has 1 aliphatic rings. The van der Waals surface area contributed by atoms with Crippen LogP contribution in [0.4, 0.5) is 11.6 Å². The highest BCUT2D eigenvalue weighted by atomic mass is 32.1. The molecule has 3 aromatic rings. The third-order valence-electron chi connectivity index (χ3n) is 4.80. The van der Waals surface area contributed by atoms with Gasteiger partial charge >= 0.3 is 0 Å². The Morgan fingerprint density at radius 2 is 1.93 bits per heavy atom. The van der Waals surface area contributed by atoms with Gasteiger partial charge in [0, 0.05) is 71.5 Å². The molecule has 146 valence electrons. The van der Waals surface area contributed by atoms with E-state index < -0.39 is 0 Å². The van der Waals surface area contributed by atoms with Crippen molar-refractivity contribution in [1.82, 2.24) is 14.9 Å². The van der Waals surface area contributed by atoms with Crippen molar-refractivity contribution in [2.24, 2.45) is 0 Å². The minimum absolute atomic E-state index is 0.594. The van der Waals surface area contributed by atoms with Gasteiger partial charge in [-0.3, -0.25) is 4.90 Å². The van der Waals surface area contributed by atoms with Gasteiger partial charge in [-0.1, -0.05) is 0 Å². The Morgan fingerprint density at radius 1 is 1.14 bits per heavy atom. The number of anilines is 2. The fraction of sp³-hybridized carbons (Fsp3) is 0.333. The van der Waals surface area contributed by atoms with Gasteiger partial charge in [0.05, 0.1) is 19.9 Å². The largest absolute Gasteiger partial charge is 0.497 e. The lowest BCUT2D eigenvalue weighted by molar-refractivity contribution is 0.245. The highest BCUT2D eigenvalue weighted by Crippen LogP contribution is 2.28. The van der Waals surface area contributed by atoms with E-state index in [-0.39, 0.29) is 0 Å². The van der Waals surface area contributed by atoms with E-state index in [9.17, 15) is 0 Å². The maximum atomic E-state index is 5.32. The summed E-state index contributed by atoms with van der Waals surface area (Å²) in [6, 6.07) is 10.0. The smallest absolute Gasteiger partial charge is 0.227 e. The van der Waals surface area contributed by atoms with Crippen LogP contribution in [-0.2, 0) is 19.5 Å². The molecule has 2 aromatic heterocycles. The lowest BCUT2D eigenvalue weighted by Crippen LogP contribution is -2.30. The van der Waals surface area contributed by atoms with E-state index >= 15 is 0 Å². The van der Waals surface area contributed by atoms with Gasteiger partial charge in [0.25, 0.3) is 0 Å². The number of thiophene rings is 1. The molecule has 0 amide bonds. The van der Waals surface area contributed by atoms with Crippen LogP contribution in [0.25, 0.3) is 0 Å². The van der Waals surface area contributed by atoms with Crippen molar-refractivity contribution < 1.29 is 9.47 Å². The molecule has 0 unspecified atom stereocenters. The predicted octanol–water partition coefficient (Wildman–Crippen LogP) is 4.17. The van der Waals surface area contributed by atoms with Gasteiger partial charge in [0.15, 0.2) is 0 Å². The summed E-state index contributed by atoms with van der Waals surface area (Å²) >= 11 is 1.87. The first kappa shape index (κ1) is 18.7. The van der Waals surface area contributed by atoms with Crippen LogP contribution in [0.2, 0.25) is 0 Å². The van der Waals surface area contributed by atoms with Crippen LogP contribution < -0.4 is 14.8 Å². The Bertz CT molecular complexity index is 951. The number of hydrogen-bond acceptors (Lipinski definition) is 7. The Morgan fingerprint density at radius 3 is 2.61 bits per heavy atom. The van der Waals surface area contributed by atoms with Crippen molar-refractivity contribution in [2.45, 2.75) is 26.4 Å². The minimum atomic E-state index is 0.594. The lowest BCUT2D eigenvalue weighted by atomic mass is 10.1. The van der Waals surface area contributed by atoms with Crippen LogP contribution in [0, 0.1) is 6.92 Å². The number of aromatic nitrogens is 2. The molecule has 0 bridgehead atoms. The average molecular weight is 397 g/mol. The number of methoxy groups -OCH3 is 2. The maximum absolute atomic E-state index is 5.32. The molecule has 0 aliphatic carbocycles. The van der Waals surface area contributed by atoms with E-state index in [1.165, 1.54) is 15.3 Å². The number of fused-ring (bicyclic) bond motifs is 1. The van der Waals surface area contributed by atoms with Gasteiger partial charge in [0.2, 0.25) is 5.95 Å². The molecule has 4 rings (SSSR count). The van der Waals surface area contributed by atoms with Crippen LogP contribution in [0.15, 0.2) is 36.5 Å². The number of hydrogen-bond donors (Lipinski definition) is 1. The molecule has 0 saturated heterocycles. The predicted molar refractivity (Wildman–Crippen MR) is 112 cm³/mol. The SMILES string of the molecule is COc1cc(Nc2ncc3c(n2)CCN(Cc2ccc(C)s2)C3)cc(OC)c1. The summed E-state index contributed by atoms with van der Waals surface area (Å²) in [6.07, 6.45) is 2.87. The molecule has 0 saturated carbocycles. The van der Waals surface area contributed by atoms with Crippen LogP contribution in [0.5, 0.6) is 11.5 Å². The molecule has 3 heterocycles. The Kier molecular flexibility index (Phi) is 5.45. The molecule has 0 spiro atoms. The number of aryl methyl sites for hydroxylation is 1. The van der Waals surface area contributed by atoms with Crippen LogP contribution in [-0.4, -0.2) is 35.6 Å². The van der Waals surface area contributed by atoms with Crippen molar-refractivity contribution >= 4 is 23.0 Å². The molecule has 1 N–H and O–H groups in total. The van der Waals surface area contributed by atoms with Gasteiger partial charge in [-0.05, 0) is 19.1 Å². The Hall–Kier alpha value is -2.64. The highest BCUT2D eigenvalue weighted by molar-refractivity contribution is 7.11. The standard InChI is InChI=1S/C21H24N4O2S/c1-14-4-5-19(28-14)13-25-7-6-20-15(12-25)11-22-21(24-20)23-16-8-17(26-2)10-18(9-16)27-3/h4-5,8-11H,6-7,12-13H2,1-3H3,(H,22,23,24). The monoisotopic (exact) mass is 396 g/mol. The van der Waals surface area contributed by atoms with E-state index in [4.69, 9.17) is 14.5 Å². The molecule has 1 aromatic carbocycles. The van der Waals surface area contributed by atoms with Crippen LogP contribution in [0.1, 0.15) is 21.0 Å². The molecule has 7 heteroatoms. The third kappa shape index (κ3) is 4.26. The van der Waals surface area contributed by atoms with Gasteiger partial charge in [-0.25, -0.2) is 9.97 Å². The second kappa shape index (κ2) is 8.16. The number of nitrogens with zero attached hydrogens (tertiary/aromatic N) is 3. The zero-order chi connectivity index (χ0) is 19.5. The molecular weight excluding hydrogens is 372 g/mol. The minimum Gasteiger partial charge on any atom is -0.497 e. The molecule has 0 radical (unpaired) electrons. The van der Waals surface area contributed by atoms with Gasteiger partial charge < -0.3 is 14.8 Å². The number of benzene rings is 1. The number of rotatable bonds is 6. The van der Waals surface area contributed by atoms with Gasteiger partial charge in [0.1, 0.15) is 11.5 Å². The van der Waals surface area contributed by atoms with Crippen molar-refractivity contribution in [3.8, 4) is 11.5 Å². The maximum Gasteiger partial charge on any atom is 0.227 e. The quantitative estimate of drug-likeness (QED) is 0.675. The van der Waals surface area contributed by atoms with E-state index in [0.717, 1.165) is 48.9 Å². The number of nitrogens with one attached hydrogen (secondary N) is 1. The fourth-order valence-electron chi connectivity index (χ4n) is 3.37. The topological polar surface area (TPSA) is 59.5 Å².